The van der Waals surface area contributed by atoms with Crippen LogP contribution in [0.25, 0.3) is 0 Å². The van der Waals surface area contributed by atoms with Crippen molar-refractivity contribution >= 4 is 23.3 Å². The van der Waals surface area contributed by atoms with Crippen molar-refractivity contribution in [3.8, 4) is 5.75 Å². The van der Waals surface area contributed by atoms with Gasteiger partial charge in [0.1, 0.15) is 17.0 Å². The molecule has 0 fully saturated rings. The third kappa shape index (κ3) is 2.38. The molecule has 1 amide bonds. The second-order valence-electron chi connectivity index (χ2n) is 6.23. The highest BCUT2D eigenvalue weighted by Gasteiger charge is 2.50. The molecule has 0 spiro atoms. The first kappa shape index (κ1) is 16.1. The molecule has 1 aromatic carbocycles. The number of para-hydroxylation sites is 1. The Kier molecular flexibility index (Phi) is 3.81. The number of amides is 1. The van der Waals surface area contributed by atoms with Crippen LogP contribution in [-0.2, 0) is 14.3 Å². The quantitative estimate of drug-likeness (QED) is 0.683. The summed E-state index contributed by atoms with van der Waals surface area (Å²) >= 11 is 0. The number of carbonyl (C=O) groups is 2. The van der Waals surface area contributed by atoms with E-state index in [1.165, 1.54) is 4.90 Å². The Bertz CT molecular complexity index is 623. The lowest BCUT2D eigenvalue weighted by Crippen LogP contribution is -2.62. The predicted octanol–water partition coefficient (Wildman–Crippen LogP) is 2.11. The molecular formula is C16H22N2O4. The summed E-state index contributed by atoms with van der Waals surface area (Å²) in [5, 5.41) is 0. The number of rotatable bonds is 3. The van der Waals surface area contributed by atoms with Crippen molar-refractivity contribution in [3.05, 3.63) is 18.2 Å². The van der Waals surface area contributed by atoms with Gasteiger partial charge in [0.05, 0.1) is 12.3 Å². The van der Waals surface area contributed by atoms with Gasteiger partial charge >= 0.3 is 5.97 Å². The fourth-order valence-electron chi connectivity index (χ4n) is 2.48. The first-order valence-corrected chi connectivity index (χ1v) is 7.22. The molecule has 22 heavy (non-hydrogen) atoms. The number of anilines is 2. The molecule has 0 aromatic heterocycles. The van der Waals surface area contributed by atoms with Gasteiger partial charge in [0.25, 0.3) is 5.91 Å². The van der Waals surface area contributed by atoms with E-state index in [0.717, 1.165) is 0 Å². The Morgan fingerprint density at radius 2 is 2.05 bits per heavy atom. The number of esters is 1. The number of ether oxygens (including phenoxy) is 2. The van der Waals surface area contributed by atoms with Gasteiger partial charge in [0.2, 0.25) is 0 Å². The van der Waals surface area contributed by atoms with Gasteiger partial charge in [0.15, 0.2) is 5.60 Å². The topological polar surface area (TPSA) is 81.9 Å². The molecule has 6 heteroatoms. The van der Waals surface area contributed by atoms with Gasteiger partial charge < -0.3 is 15.2 Å². The molecule has 1 aliphatic rings. The van der Waals surface area contributed by atoms with Gasteiger partial charge in [-0.3, -0.25) is 9.69 Å². The molecule has 2 rings (SSSR count). The van der Waals surface area contributed by atoms with E-state index in [4.69, 9.17) is 15.2 Å². The Morgan fingerprint density at radius 3 is 2.64 bits per heavy atom. The van der Waals surface area contributed by atoms with E-state index in [-0.39, 0.29) is 12.5 Å². The average Bonchev–Trinajstić information content (AvgIpc) is 2.40. The maximum Gasteiger partial charge on any atom is 0.331 e. The Labute approximate surface area is 130 Å². The van der Waals surface area contributed by atoms with Gasteiger partial charge in [-0.2, -0.15) is 0 Å². The van der Waals surface area contributed by atoms with Gasteiger partial charge in [-0.05, 0) is 46.8 Å². The van der Waals surface area contributed by atoms with Crippen molar-refractivity contribution in [2.45, 2.75) is 45.8 Å². The lowest BCUT2D eigenvalue weighted by atomic mass is 9.94. The highest BCUT2D eigenvalue weighted by Crippen LogP contribution is 2.45. The van der Waals surface area contributed by atoms with E-state index in [9.17, 15) is 9.59 Å². The van der Waals surface area contributed by atoms with Crippen molar-refractivity contribution in [1.29, 1.82) is 0 Å². The van der Waals surface area contributed by atoms with Crippen LogP contribution in [0.4, 0.5) is 11.4 Å². The number of hydrogen-bond donors (Lipinski definition) is 1. The van der Waals surface area contributed by atoms with E-state index in [0.29, 0.717) is 17.1 Å². The smallest absolute Gasteiger partial charge is 0.331 e. The molecule has 1 aromatic rings. The Morgan fingerprint density at radius 1 is 1.41 bits per heavy atom. The van der Waals surface area contributed by atoms with Crippen molar-refractivity contribution in [3.63, 3.8) is 0 Å². The number of fused-ring (bicyclic) bond motifs is 1. The minimum atomic E-state index is -1.20. The number of carbonyl (C=O) groups excluding carboxylic acids is 2. The van der Waals surface area contributed by atoms with Crippen LogP contribution in [0.15, 0.2) is 18.2 Å². The summed E-state index contributed by atoms with van der Waals surface area (Å²) in [5.74, 6) is -0.354. The second-order valence-corrected chi connectivity index (χ2v) is 6.23. The number of nitrogens with two attached hydrogens (primary N) is 1. The van der Waals surface area contributed by atoms with E-state index in [2.05, 4.69) is 0 Å². The summed E-state index contributed by atoms with van der Waals surface area (Å²) in [4.78, 5) is 26.6. The van der Waals surface area contributed by atoms with Gasteiger partial charge in [-0.1, -0.05) is 6.07 Å². The minimum absolute atomic E-state index is 0.237. The zero-order valence-electron chi connectivity index (χ0n) is 13.6. The maximum atomic E-state index is 12.9. The molecule has 1 heterocycles. The van der Waals surface area contributed by atoms with Crippen LogP contribution in [0, 0.1) is 0 Å². The van der Waals surface area contributed by atoms with Gasteiger partial charge in [0, 0.05) is 0 Å². The number of nitrogens with zero attached hydrogens (tertiary/aromatic N) is 1. The molecule has 0 radical (unpaired) electrons. The first-order valence-electron chi connectivity index (χ1n) is 7.22. The van der Waals surface area contributed by atoms with Crippen LogP contribution in [0.1, 0.15) is 34.6 Å². The fraction of sp³-hybridized carbons (Fsp3) is 0.500. The summed E-state index contributed by atoms with van der Waals surface area (Å²) < 4.78 is 10.9. The highest BCUT2D eigenvalue weighted by atomic mass is 16.5. The van der Waals surface area contributed by atoms with Crippen LogP contribution in [-0.4, -0.2) is 29.6 Å². The van der Waals surface area contributed by atoms with Crippen LogP contribution in [0.3, 0.4) is 0 Å². The lowest BCUT2D eigenvalue weighted by Gasteiger charge is -2.45. The Balaban J connectivity index is 2.63. The van der Waals surface area contributed by atoms with E-state index in [1.807, 2.05) is 0 Å². The molecule has 0 saturated carbocycles. The van der Waals surface area contributed by atoms with Crippen LogP contribution in [0.5, 0.6) is 5.75 Å². The monoisotopic (exact) mass is 306 g/mol. The van der Waals surface area contributed by atoms with E-state index < -0.39 is 17.1 Å². The molecule has 6 nitrogen and oxygen atoms in total. The molecule has 0 saturated heterocycles. The highest BCUT2D eigenvalue weighted by molar-refractivity contribution is 6.10. The minimum Gasteiger partial charge on any atom is -0.476 e. The summed E-state index contributed by atoms with van der Waals surface area (Å²) in [6.07, 6.45) is 0. The summed E-state index contributed by atoms with van der Waals surface area (Å²) in [6.45, 7) is 8.56. The molecule has 120 valence electrons. The zero-order valence-corrected chi connectivity index (χ0v) is 13.6. The standard InChI is InChI=1S/C16H22N2O4/c1-6-21-14(20)15(2,3)18-12-10(17)8-7-9-11(12)22-16(4,5)13(18)19/h7-9H,6,17H2,1-5H3. The first-order chi connectivity index (χ1) is 10.1. The van der Waals surface area contributed by atoms with E-state index >= 15 is 0 Å². The van der Waals surface area contributed by atoms with Crippen molar-refractivity contribution in [2.24, 2.45) is 0 Å². The predicted molar refractivity (Wildman–Crippen MR) is 83.8 cm³/mol. The SMILES string of the molecule is CCOC(=O)C(C)(C)N1C(=O)C(C)(C)Oc2cccc(N)c21. The summed E-state index contributed by atoms with van der Waals surface area (Å²) in [5.41, 5.74) is 4.52. The van der Waals surface area contributed by atoms with Crippen LogP contribution in [0.2, 0.25) is 0 Å². The van der Waals surface area contributed by atoms with Gasteiger partial charge in [-0.15, -0.1) is 0 Å². The van der Waals surface area contributed by atoms with Crippen molar-refractivity contribution in [1.82, 2.24) is 0 Å². The second kappa shape index (κ2) is 5.19. The normalized spacial score (nSPS) is 16.8. The van der Waals surface area contributed by atoms with Crippen molar-refractivity contribution < 1.29 is 19.1 Å². The molecule has 0 atom stereocenters. The van der Waals surface area contributed by atoms with E-state index in [1.54, 1.807) is 52.8 Å². The van der Waals surface area contributed by atoms with Crippen molar-refractivity contribution in [2.75, 3.05) is 17.2 Å². The molecule has 0 unspecified atom stereocenters. The molecule has 2 N–H and O–H groups in total. The number of benzene rings is 1. The third-order valence-electron chi connectivity index (χ3n) is 3.67. The third-order valence-corrected chi connectivity index (χ3v) is 3.67. The number of hydrogen-bond acceptors (Lipinski definition) is 5. The molecular weight excluding hydrogens is 284 g/mol. The molecule has 0 bridgehead atoms. The summed E-state index contributed by atoms with van der Waals surface area (Å²) in [6, 6.07) is 5.14. The average molecular weight is 306 g/mol. The Hall–Kier alpha value is -2.24. The largest absolute Gasteiger partial charge is 0.476 e. The van der Waals surface area contributed by atoms with Crippen LogP contribution >= 0.6 is 0 Å². The summed E-state index contributed by atoms with van der Waals surface area (Å²) in [7, 11) is 0. The molecule has 1 aliphatic heterocycles. The maximum absolute atomic E-state index is 12.9. The number of nitrogen functional groups attached to an aromatic ring is 1. The fourth-order valence-corrected chi connectivity index (χ4v) is 2.48. The van der Waals surface area contributed by atoms with Gasteiger partial charge in [-0.25, -0.2) is 4.79 Å². The van der Waals surface area contributed by atoms with Crippen LogP contribution < -0.4 is 15.4 Å². The lowest BCUT2D eigenvalue weighted by molar-refractivity contribution is -0.151. The molecule has 0 aliphatic carbocycles. The zero-order chi connectivity index (χ0) is 16.7.